The van der Waals surface area contributed by atoms with Crippen molar-refractivity contribution in [1.82, 2.24) is 5.32 Å². The molecule has 0 radical (unpaired) electrons. The number of ether oxygens (including phenoxy) is 2. The molecular formula is C19H21NO4. The molecular weight excluding hydrogens is 306 g/mol. The molecule has 24 heavy (non-hydrogen) atoms. The minimum absolute atomic E-state index is 0.0618. The second-order valence-electron chi connectivity index (χ2n) is 5.22. The Hall–Kier alpha value is -2.66. The molecule has 0 bridgehead atoms. The average Bonchev–Trinajstić information content (AvgIpc) is 2.63. The highest BCUT2D eigenvalue weighted by molar-refractivity contribution is 5.94. The molecule has 0 heterocycles. The zero-order valence-electron chi connectivity index (χ0n) is 13.6. The Kier molecular flexibility index (Phi) is 6.98. The van der Waals surface area contributed by atoms with Gasteiger partial charge < -0.3 is 14.8 Å². The highest BCUT2D eigenvalue weighted by Gasteiger charge is 2.19. The van der Waals surface area contributed by atoms with Crippen molar-refractivity contribution in [3.05, 3.63) is 71.8 Å². The van der Waals surface area contributed by atoms with E-state index in [-0.39, 0.29) is 24.9 Å². The van der Waals surface area contributed by atoms with Crippen molar-refractivity contribution in [2.24, 2.45) is 0 Å². The van der Waals surface area contributed by atoms with Crippen LogP contribution in [-0.4, -0.2) is 32.2 Å². The number of nitrogens with one attached hydrogen (secondary N) is 1. The van der Waals surface area contributed by atoms with Crippen LogP contribution in [0.1, 0.15) is 28.4 Å². The molecule has 2 aromatic rings. The van der Waals surface area contributed by atoms with Crippen LogP contribution in [0.15, 0.2) is 60.7 Å². The zero-order chi connectivity index (χ0) is 17.2. The van der Waals surface area contributed by atoms with Gasteiger partial charge in [-0.25, -0.2) is 0 Å². The Morgan fingerprint density at radius 2 is 1.58 bits per heavy atom. The smallest absolute Gasteiger partial charge is 0.308 e. The molecule has 2 aromatic carbocycles. The van der Waals surface area contributed by atoms with Gasteiger partial charge in [-0.05, 0) is 17.7 Å². The van der Waals surface area contributed by atoms with E-state index >= 15 is 0 Å². The first kappa shape index (κ1) is 17.7. The van der Waals surface area contributed by atoms with Gasteiger partial charge in [-0.3, -0.25) is 9.59 Å². The van der Waals surface area contributed by atoms with Gasteiger partial charge in [0.1, 0.15) is 6.61 Å². The molecule has 126 valence electrons. The van der Waals surface area contributed by atoms with Crippen LogP contribution in [0.2, 0.25) is 0 Å². The topological polar surface area (TPSA) is 64.6 Å². The SMILES string of the molecule is COCCOC(=O)CC(NC(=O)c1ccccc1)c1ccccc1. The first-order valence-corrected chi connectivity index (χ1v) is 7.76. The van der Waals surface area contributed by atoms with E-state index in [1.165, 1.54) is 0 Å². The molecule has 5 nitrogen and oxygen atoms in total. The van der Waals surface area contributed by atoms with E-state index in [1.54, 1.807) is 31.4 Å². The van der Waals surface area contributed by atoms with Crippen LogP contribution < -0.4 is 5.32 Å². The number of rotatable bonds is 8. The molecule has 0 aliphatic heterocycles. The molecule has 1 N–H and O–H groups in total. The molecule has 0 saturated carbocycles. The van der Waals surface area contributed by atoms with Crippen molar-refractivity contribution in [2.75, 3.05) is 20.3 Å². The van der Waals surface area contributed by atoms with Gasteiger partial charge in [-0.2, -0.15) is 0 Å². The number of methoxy groups -OCH3 is 1. The Labute approximate surface area is 141 Å². The van der Waals surface area contributed by atoms with Crippen LogP contribution in [0.25, 0.3) is 0 Å². The molecule has 0 fully saturated rings. The fourth-order valence-corrected chi connectivity index (χ4v) is 2.23. The Morgan fingerprint density at radius 3 is 2.21 bits per heavy atom. The van der Waals surface area contributed by atoms with E-state index in [0.29, 0.717) is 12.2 Å². The molecule has 0 aromatic heterocycles. The molecule has 0 aliphatic rings. The third kappa shape index (κ3) is 5.52. The molecule has 5 heteroatoms. The van der Waals surface area contributed by atoms with Crippen LogP contribution in [-0.2, 0) is 14.3 Å². The lowest BCUT2D eigenvalue weighted by Crippen LogP contribution is -2.30. The third-order valence-electron chi connectivity index (χ3n) is 3.46. The van der Waals surface area contributed by atoms with Crippen LogP contribution in [0, 0.1) is 0 Å². The summed E-state index contributed by atoms with van der Waals surface area (Å²) in [6.45, 7) is 0.543. The minimum Gasteiger partial charge on any atom is -0.463 e. The quantitative estimate of drug-likeness (QED) is 0.598. The van der Waals surface area contributed by atoms with Gasteiger partial charge in [0.15, 0.2) is 0 Å². The summed E-state index contributed by atoms with van der Waals surface area (Å²) in [5.74, 6) is -0.608. The maximum Gasteiger partial charge on any atom is 0.308 e. The average molecular weight is 327 g/mol. The van der Waals surface area contributed by atoms with Crippen molar-refractivity contribution in [2.45, 2.75) is 12.5 Å². The predicted molar refractivity (Wildman–Crippen MR) is 90.5 cm³/mol. The Bertz CT molecular complexity index is 643. The van der Waals surface area contributed by atoms with Crippen LogP contribution >= 0.6 is 0 Å². The first-order chi connectivity index (χ1) is 11.7. The van der Waals surface area contributed by atoms with Gasteiger partial charge in [0.05, 0.1) is 19.1 Å². The number of hydrogen-bond acceptors (Lipinski definition) is 4. The first-order valence-electron chi connectivity index (χ1n) is 7.76. The fourth-order valence-electron chi connectivity index (χ4n) is 2.23. The molecule has 1 amide bonds. The van der Waals surface area contributed by atoms with E-state index < -0.39 is 6.04 Å². The second kappa shape index (κ2) is 9.47. The Morgan fingerprint density at radius 1 is 0.958 bits per heavy atom. The third-order valence-corrected chi connectivity index (χ3v) is 3.46. The lowest BCUT2D eigenvalue weighted by Gasteiger charge is -2.18. The summed E-state index contributed by atoms with van der Waals surface area (Å²) >= 11 is 0. The van der Waals surface area contributed by atoms with Crippen LogP contribution in [0.5, 0.6) is 0 Å². The minimum atomic E-state index is -0.450. The summed E-state index contributed by atoms with van der Waals surface area (Å²) in [6.07, 6.45) is 0.0618. The van der Waals surface area contributed by atoms with E-state index in [2.05, 4.69) is 5.32 Å². The van der Waals surface area contributed by atoms with Crippen molar-refractivity contribution in [1.29, 1.82) is 0 Å². The summed E-state index contributed by atoms with van der Waals surface area (Å²) in [6, 6.07) is 17.8. The van der Waals surface area contributed by atoms with Gasteiger partial charge in [0, 0.05) is 12.7 Å². The number of benzene rings is 2. The summed E-state index contributed by atoms with van der Waals surface area (Å²) in [5, 5.41) is 2.90. The number of carbonyl (C=O) groups excluding carboxylic acids is 2. The van der Waals surface area contributed by atoms with Gasteiger partial charge in [-0.1, -0.05) is 48.5 Å². The molecule has 1 atom stereocenters. The largest absolute Gasteiger partial charge is 0.463 e. The summed E-state index contributed by atoms with van der Waals surface area (Å²) < 4.78 is 9.96. The highest BCUT2D eigenvalue weighted by Crippen LogP contribution is 2.18. The number of amides is 1. The second-order valence-corrected chi connectivity index (χ2v) is 5.22. The maximum atomic E-state index is 12.4. The standard InChI is InChI=1S/C19H21NO4/c1-23-12-13-24-18(21)14-17(15-8-4-2-5-9-15)20-19(22)16-10-6-3-7-11-16/h2-11,17H,12-14H2,1H3,(H,20,22). The molecule has 0 aliphatic carbocycles. The number of hydrogen-bond donors (Lipinski definition) is 1. The van der Waals surface area contributed by atoms with E-state index in [0.717, 1.165) is 5.56 Å². The van der Waals surface area contributed by atoms with Crippen molar-refractivity contribution in [3.8, 4) is 0 Å². The Balaban J connectivity index is 2.06. The molecule has 2 rings (SSSR count). The van der Waals surface area contributed by atoms with Crippen LogP contribution in [0.4, 0.5) is 0 Å². The summed E-state index contributed by atoms with van der Waals surface area (Å²) in [7, 11) is 1.54. The number of esters is 1. The summed E-state index contributed by atoms with van der Waals surface area (Å²) in [4.78, 5) is 24.4. The van der Waals surface area contributed by atoms with Crippen molar-refractivity contribution in [3.63, 3.8) is 0 Å². The lowest BCUT2D eigenvalue weighted by molar-refractivity contribution is -0.145. The molecule has 0 spiro atoms. The van der Waals surface area contributed by atoms with Gasteiger partial charge in [0.25, 0.3) is 5.91 Å². The predicted octanol–water partition coefficient (Wildman–Crippen LogP) is 2.74. The normalized spacial score (nSPS) is 11.5. The fraction of sp³-hybridized carbons (Fsp3) is 0.263. The highest BCUT2D eigenvalue weighted by atomic mass is 16.6. The lowest BCUT2D eigenvalue weighted by atomic mass is 10.0. The molecule has 0 saturated heterocycles. The van der Waals surface area contributed by atoms with Crippen molar-refractivity contribution >= 4 is 11.9 Å². The number of carbonyl (C=O) groups is 2. The monoisotopic (exact) mass is 327 g/mol. The van der Waals surface area contributed by atoms with Gasteiger partial charge in [-0.15, -0.1) is 0 Å². The maximum absolute atomic E-state index is 12.4. The zero-order valence-corrected chi connectivity index (χ0v) is 13.6. The summed E-state index contributed by atoms with van der Waals surface area (Å²) in [5.41, 5.74) is 1.40. The van der Waals surface area contributed by atoms with E-state index in [9.17, 15) is 9.59 Å². The van der Waals surface area contributed by atoms with Crippen LogP contribution in [0.3, 0.4) is 0 Å². The van der Waals surface area contributed by atoms with E-state index in [4.69, 9.17) is 9.47 Å². The van der Waals surface area contributed by atoms with Gasteiger partial charge in [0.2, 0.25) is 0 Å². The van der Waals surface area contributed by atoms with Gasteiger partial charge >= 0.3 is 5.97 Å². The molecule has 1 unspecified atom stereocenters. The van der Waals surface area contributed by atoms with Crippen molar-refractivity contribution < 1.29 is 19.1 Å². The van der Waals surface area contributed by atoms with E-state index in [1.807, 2.05) is 36.4 Å².